The van der Waals surface area contributed by atoms with Crippen molar-refractivity contribution in [1.82, 2.24) is 15.2 Å². The summed E-state index contributed by atoms with van der Waals surface area (Å²) < 4.78 is 0. The topological polar surface area (TPSA) is 87.8 Å². The molecule has 2 rings (SSSR count). The number of aliphatic hydroxyl groups is 1. The van der Waals surface area contributed by atoms with E-state index in [1.807, 2.05) is 6.07 Å². The molecule has 0 aliphatic heterocycles. The maximum absolute atomic E-state index is 8.88. The Balaban J connectivity index is 2.57. The lowest BCUT2D eigenvalue weighted by Gasteiger charge is -2.04. The van der Waals surface area contributed by atoms with Crippen LogP contribution in [0.15, 0.2) is 18.5 Å². The molecular formula is C8H10N4O. The second-order valence-electron chi connectivity index (χ2n) is 2.82. The van der Waals surface area contributed by atoms with Crippen molar-refractivity contribution in [3.63, 3.8) is 0 Å². The number of nitrogens with zero attached hydrogens (tertiary/aromatic N) is 2. The fourth-order valence-electron chi connectivity index (χ4n) is 1.26. The van der Waals surface area contributed by atoms with Crippen molar-refractivity contribution < 1.29 is 5.11 Å². The molecule has 0 aliphatic rings. The van der Waals surface area contributed by atoms with Gasteiger partial charge in [-0.3, -0.25) is 10.1 Å². The summed E-state index contributed by atoms with van der Waals surface area (Å²) in [6.07, 6.45) is 3.32. The minimum Gasteiger partial charge on any atom is -0.394 e. The van der Waals surface area contributed by atoms with Crippen molar-refractivity contribution in [3.8, 4) is 0 Å². The van der Waals surface area contributed by atoms with Gasteiger partial charge in [-0.25, -0.2) is 0 Å². The maximum atomic E-state index is 8.88. The van der Waals surface area contributed by atoms with Crippen LogP contribution in [0.25, 0.3) is 10.9 Å². The lowest BCUT2D eigenvalue weighted by Crippen LogP contribution is -2.15. The van der Waals surface area contributed by atoms with E-state index in [9.17, 15) is 0 Å². The number of aromatic nitrogens is 3. The van der Waals surface area contributed by atoms with Crippen LogP contribution in [0.3, 0.4) is 0 Å². The van der Waals surface area contributed by atoms with Gasteiger partial charge in [-0.15, -0.1) is 0 Å². The molecule has 0 saturated heterocycles. The van der Waals surface area contributed by atoms with Crippen LogP contribution in [0.4, 0.5) is 0 Å². The van der Waals surface area contributed by atoms with Gasteiger partial charge < -0.3 is 10.8 Å². The standard InChI is InChI=1S/C8H10N4O/c9-6(4-13)8-5-1-2-10-3-7(5)11-12-8/h1-3,6,13H,4,9H2,(H,11,12). The fourth-order valence-corrected chi connectivity index (χ4v) is 1.26. The Kier molecular flexibility index (Phi) is 1.96. The molecule has 0 aromatic carbocycles. The fraction of sp³-hybridized carbons (Fsp3) is 0.250. The summed E-state index contributed by atoms with van der Waals surface area (Å²) in [6.45, 7) is -0.0976. The summed E-state index contributed by atoms with van der Waals surface area (Å²) in [5, 5.41) is 16.6. The number of hydrogen-bond donors (Lipinski definition) is 3. The van der Waals surface area contributed by atoms with Gasteiger partial charge in [0.2, 0.25) is 0 Å². The van der Waals surface area contributed by atoms with Gasteiger partial charge in [0.15, 0.2) is 0 Å². The quantitative estimate of drug-likeness (QED) is 0.601. The smallest absolute Gasteiger partial charge is 0.111 e. The monoisotopic (exact) mass is 178 g/mol. The number of nitrogens with two attached hydrogens (primary N) is 1. The third-order valence-electron chi connectivity index (χ3n) is 1.95. The van der Waals surface area contributed by atoms with Crippen LogP contribution in [0.5, 0.6) is 0 Å². The van der Waals surface area contributed by atoms with E-state index in [0.717, 1.165) is 16.6 Å². The molecule has 0 spiro atoms. The maximum Gasteiger partial charge on any atom is 0.111 e. The number of H-pyrrole nitrogens is 1. The van der Waals surface area contributed by atoms with Crippen molar-refractivity contribution in [2.24, 2.45) is 5.73 Å². The van der Waals surface area contributed by atoms with Gasteiger partial charge in [0, 0.05) is 11.6 Å². The van der Waals surface area contributed by atoms with Crippen molar-refractivity contribution in [2.75, 3.05) is 6.61 Å². The average molecular weight is 178 g/mol. The number of fused-ring (bicyclic) bond motifs is 1. The van der Waals surface area contributed by atoms with E-state index < -0.39 is 6.04 Å². The van der Waals surface area contributed by atoms with Crippen LogP contribution < -0.4 is 5.73 Å². The summed E-state index contributed by atoms with van der Waals surface area (Å²) >= 11 is 0. The van der Waals surface area contributed by atoms with Crippen molar-refractivity contribution >= 4 is 10.9 Å². The Morgan fingerprint density at radius 3 is 3.23 bits per heavy atom. The third-order valence-corrected chi connectivity index (χ3v) is 1.95. The molecule has 0 aliphatic carbocycles. The summed E-state index contributed by atoms with van der Waals surface area (Å²) in [4.78, 5) is 3.93. The molecule has 0 saturated carbocycles. The van der Waals surface area contributed by atoms with E-state index in [2.05, 4.69) is 15.2 Å². The number of aromatic amines is 1. The third kappa shape index (κ3) is 1.28. The highest BCUT2D eigenvalue weighted by molar-refractivity contribution is 5.80. The van der Waals surface area contributed by atoms with Gasteiger partial charge >= 0.3 is 0 Å². The van der Waals surface area contributed by atoms with Gasteiger partial charge in [-0.05, 0) is 6.07 Å². The highest BCUT2D eigenvalue weighted by atomic mass is 16.3. The van der Waals surface area contributed by atoms with E-state index in [1.165, 1.54) is 0 Å². The minimum atomic E-state index is -0.410. The molecule has 5 heteroatoms. The predicted octanol–water partition coefficient (Wildman–Crippen LogP) is -0.0500. The zero-order valence-electron chi connectivity index (χ0n) is 6.94. The largest absolute Gasteiger partial charge is 0.394 e. The van der Waals surface area contributed by atoms with Crippen LogP contribution in [-0.2, 0) is 0 Å². The van der Waals surface area contributed by atoms with E-state index in [4.69, 9.17) is 10.8 Å². The van der Waals surface area contributed by atoms with Crippen LogP contribution in [-0.4, -0.2) is 26.9 Å². The van der Waals surface area contributed by atoms with Crippen LogP contribution in [0, 0.1) is 0 Å². The molecule has 0 radical (unpaired) electrons. The SMILES string of the molecule is NC(CO)c1[nH]nc2cnccc12. The second-order valence-corrected chi connectivity index (χ2v) is 2.82. The first kappa shape index (κ1) is 8.15. The average Bonchev–Trinajstić information content (AvgIpc) is 2.60. The molecule has 2 aromatic heterocycles. The van der Waals surface area contributed by atoms with Gasteiger partial charge in [0.1, 0.15) is 5.52 Å². The Labute approximate surface area is 74.6 Å². The summed E-state index contributed by atoms with van der Waals surface area (Å²) in [5.74, 6) is 0. The molecule has 1 atom stereocenters. The van der Waals surface area contributed by atoms with Crippen molar-refractivity contribution in [3.05, 3.63) is 24.2 Å². The first-order valence-corrected chi connectivity index (χ1v) is 3.97. The highest BCUT2D eigenvalue weighted by Crippen LogP contribution is 2.18. The van der Waals surface area contributed by atoms with E-state index in [-0.39, 0.29) is 6.61 Å². The highest BCUT2D eigenvalue weighted by Gasteiger charge is 2.11. The molecule has 0 amide bonds. The number of rotatable bonds is 2. The number of hydrogen-bond acceptors (Lipinski definition) is 4. The van der Waals surface area contributed by atoms with Gasteiger partial charge in [-0.2, -0.15) is 5.10 Å². The molecule has 2 aromatic rings. The zero-order valence-corrected chi connectivity index (χ0v) is 6.94. The Bertz CT molecular complexity index is 411. The van der Waals surface area contributed by atoms with Crippen molar-refractivity contribution in [2.45, 2.75) is 6.04 Å². The second kappa shape index (κ2) is 3.12. The molecule has 1 unspecified atom stereocenters. The predicted molar refractivity (Wildman–Crippen MR) is 47.9 cm³/mol. The summed E-state index contributed by atoms with van der Waals surface area (Å²) in [5.41, 5.74) is 7.18. The minimum absolute atomic E-state index is 0.0976. The van der Waals surface area contributed by atoms with Gasteiger partial charge in [0.25, 0.3) is 0 Å². The van der Waals surface area contributed by atoms with Crippen LogP contribution in [0.2, 0.25) is 0 Å². The zero-order chi connectivity index (χ0) is 9.26. The molecular weight excluding hydrogens is 168 g/mol. The number of nitrogens with one attached hydrogen (secondary N) is 1. The molecule has 0 fully saturated rings. The molecule has 13 heavy (non-hydrogen) atoms. The van der Waals surface area contributed by atoms with E-state index >= 15 is 0 Å². The normalized spacial score (nSPS) is 13.4. The first-order valence-electron chi connectivity index (χ1n) is 3.97. The molecule has 5 nitrogen and oxygen atoms in total. The number of aliphatic hydroxyl groups excluding tert-OH is 1. The summed E-state index contributed by atoms with van der Waals surface area (Å²) in [6, 6.07) is 1.41. The molecule has 2 heterocycles. The Morgan fingerprint density at radius 1 is 1.62 bits per heavy atom. The summed E-state index contributed by atoms with van der Waals surface area (Å²) in [7, 11) is 0. The number of pyridine rings is 1. The molecule has 4 N–H and O–H groups in total. The van der Waals surface area contributed by atoms with E-state index in [0.29, 0.717) is 0 Å². The van der Waals surface area contributed by atoms with Crippen molar-refractivity contribution in [1.29, 1.82) is 0 Å². The lowest BCUT2D eigenvalue weighted by atomic mass is 10.1. The lowest BCUT2D eigenvalue weighted by molar-refractivity contribution is 0.266. The van der Waals surface area contributed by atoms with Gasteiger partial charge in [0.05, 0.1) is 24.5 Å². The van der Waals surface area contributed by atoms with Crippen LogP contribution in [0.1, 0.15) is 11.7 Å². The first-order chi connectivity index (χ1) is 6.33. The molecule has 0 bridgehead atoms. The Hall–Kier alpha value is -1.46. The van der Waals surface area contributed by atoms with E-state index in [1.54, 1.807) is 12.4 Å². The Morgan fingerprint density at radius 2 is 2.46 bits per heavy atom. The van der Waals surface area contributed by atoms with Gasteiger partial charge in [-0.1, -0.05) is 0 Å². The molecule has 68 valence electrons. The van der Waals surface area contributed by atoms with Crippen LogP contribution >= 0.6 is 0 Å².